The Morgan fingerprint density at radius 3 is 1.53 bits per heavy atom. The Morgan fingerprint density at radius 2 is 0.938 bits per heavy atom. The number of fused-ring (bicyclic) bond motifs is 6. The number of hydrogen-bond acceptors (Lipinski definition) is 2. The molecule has 6 aromatic rings. The minimum atomic E-state index is -0.100. The van der Waals surface area contributed by atoms with Crippen LogP contribution in [0.25, 0.3) is 11.1 Å². The summed E-state index contributed by atoms with van der Waals surface area (Å²) in [6.07, 6.45) is 3.51. The fraction of sp³-hybridized carbons (Fsp3) is 0.410. The van der Waals surface area contributed by atoms with Crippen LogP contribution < -0.4 is 26.2 Å². The second-order valence-corrected chi connectivity index (χ2v) is 25.0. The van der Waals surface area contributed by atoms with E-state index in [2.05, 4.69) is 224 Å². The van der Waals surface area contributed by atoms with Crippen molar-refractivity contribution in [3.05, 3.63) is 148 Å². The first-order valence-electron chi connectivity index (χ1n) is 24.2. The summed E-state index contributed by atoms with van der Waals surface area (Å²) in [7, 11) is 0. The van der Waals surface area contributed by atoms with Crippen molar-refractivity contribution in [3.8, 4) is 11.1 Å². The van der Waals surface area contributed by atoms with Crippen molar-refractivity contribution in [1.29, 1.82) is 0 Å². The lowest BCUT2D eigenvalue weighted by molar-refractivity contribution is 0.332. The molecule has 0 fully saturated rings. The molecular formula is C61H71BN2. The predicted molar refractivity (Wildman–Crippen MR) is 279 cm³/mol. The maximum Gasteiger partial charge on any atom is 0.252 e. The first-order valence-corrected chi connectivity index (χ1v) is 24.2. The van der Waals surface area contributed by atoms with E-state index in [-0.39, 0.29) is 39.2 Å². The number of aryl methyl sites for hydroxylation is 2. The SMILES string of the molecule is Cc1cc(C(C)(C)C)ccc1N1c2cc(-c3ccccc3)ccc2B2c3cc4c(cc3N(c3cc5c(cc3C)C(C)(C)CC5(C)C)c3cc(C(C)(C)C)cc1c32)C(C)(C)CCC4(C)C. The van der Waals surface area contributed by atoms with Crippen LogP contribution in [0.5, 0.6) is 0 Å². The van der Waals surface area contributed by atoms with Crippen LogP contribution in [0.2, 0.25) is 0 Å². The minimum Gasteiger partial charge on any atom is -0.311 e. The van der Waals surface area contributed by atoms with E-state index in [1.54, 1.807) is 0 Å². The number of rotatable bonds is 3. The predicted octanol–water partition coefficient (Wildman–Crippen LogP) is 15.0. The molecule has 6 aromatic carbocycles. The summed E-state index contributed by atoms with van der Waals surface area (Å²) in [4.78, 5) is 5.40. The van der Waals surface area contributed by atoms with Gasteiger partial charge in [-0.05, 0) is 174 Å². The van der Waals surface area contributed by atoms with Gasteiger partial charge in [0.15, 0.2) is 0 Å². The highest BCUT2D eigenvalue weighted by Gasteiger charge is 2.48. The molecule has 0 radical (unpaired) electrons. The van der Waals surface area contributed by atoms with Gasteiger partial charge < -0.3 is 9.80 Å². The van der Waals surface area contributed by atoms with Crippen LogP contribution in [-0.4, -0.2) is 6.71 Å². The largest absolute Gasteiger partial charge is 0.311 e. The van der Waals surface area contributed by atoms with Crippen molar-refractivity contribution in [1.82, 2.24) is 0 Å². The Labute approximate surface area is 386 Å². The second-order valence-electron chi connectivity index (χ2n) is 25.0. The number of hydrogen-bond donors (Lipinski definition) is 0. The quantitative estimate of drug-likeness (QED) is 0.164. The molecule has 2 heterocycles. The van der Waals surface area contributed by atoms with Crippen LogP contribution in [0.3, 0.4) is 0 Å². The summed E-state index contributed by atoms with van der Waals surface area (Å²) in [6, 6.07) is 41.3. The van der Waals surface area contributed by atoms with Crippen molar-refractivity contribution in [3.63, 3.8) is 0 Å². The van der Waals surface area contributed by atoms with Crippen LogP contribution >= 0.6 is 0 Å². The van der Waals surface area contributed by atoms with Crippen LogP contribution in [-0.2, 0) is 32.5 Å². The zero-order valence-electron chi connectivity index (χ0n) is 41.9. The Morgan fingerprint density at radius 1 is 0.422 bits per heavy atom. The highest BCUT2D eigenvalue weighted by atomic mass is 15.2. The Hall–Kier alpha value is -5.02. The third-order valence-corrected chi connectivity index (χ3v) is 16.2. The molecule has 0 spiro atoms. The van der Waals surface area contributed by atoms with Gasteiger partial charge >= 0.3 is 0 Å². The zero-order chi connectivity index (χ0) is 45.8. The van der Waals surface area contributed by atoms with Crippen molar-refractivity contribution < 1.29 is 0 Å². The monoisotopic (exact) mass is 843 g/mol. The van der Waals surface area contributed by atoms with Crippen LogP contribution in [0.4, 0.5) is 34.1 Å². The van der Waals surface area contributed by atoms with Gasteiger partial charge in [0.2, 0.25) is 0 Å². The van der Waals surface area contributed by atoms with Crippen LogP contribution in [0, 0.1) is 13.8 Å². The standard InChI is InChI=1S/C61H71BN2/c1-37-28-41(56(3,4)5)23-25-49(37)63-51-30-40(39-20-18-17-19-21-39)22-24-47(51)62-48-33-44-45(59(11,12)27-26-58(44,9)10)35-52(48)64(54-32-42(57(6,7)8)31-53(63)55(54)62)50-34-46-43(29-38(50)2)60(13,14)36-61(46,15)16/h17-25,28-35H,26-27,36H2,1-16H3. The average molecular weight is 843 g/mol. The van der Waals surface area contributed by atoms with Gasteiger partial charge in [-0.3, -0.25) is 0 Å². The van der Waals surface area contributed by atoms with E-state index in [9.17, 15) is 0 Å². The van der Waals surface area contributed by atoms with Gasteiger partial charge in [0, 0.05) is 34.1 Å². The summed E-state index contributed by atoms with van der Waals surface area (Å²) in [5.74, 6) is 0. The van der Waals surface area contributed by atoms with E-state index in [1.165, 1.54) is 119 Å². The maximum atomic E-state index is 2.74. The number of nitrogens with zero attached hydrogens (tertiary/aromatic N) is 2. The molecule has 2 aliphatic heterocycles. The molecule has 4 aliphatic rings. The Bertz CT molecular complexity index is 2910. The Kier molecular flexibility index (Phi) is 9.22. The molecule has 64 heavy (non-hydrogen) atoms. The molecule has 2 nitrogen and oxygen atoms in total. The molecular weight excluding hydrogens is 771 g/mol. The fourth-order valence-corrected chi connectivity index (χ4v) is 12.5. The molecule has 0 atom stereocenters. The van der Waals surface area contributed by atoms with E-state index in [4.69, 9.17) is 0 Å². The summed E-state index contributed by atoms with van der Waals surface area (Å²) in [6.45, 7) is 38.7. The lowest BCUT2D eigenvalue weighted by Gasteiger charge is -2.48. The molecule has 328 valence electrons. The van der Waals surface area contributed by atoms with Crippen molar-refractivity contribution in [2.45, 2.75) is 163 Å². The van der Waals surface area contributed by atoms with Crippen molar-refractivity contribution in [2.75, 3.05) is 9.80 Å². The zero-order valence-corrected chi connectivity index (χ0v) is 41.9. The van der Waals surface area contributed by atoms with Gasteiger partial charge in [0.1, 0.15) is 0 Å². The maximum absolute atomic E-state index is 2.74. The van der Waals surface area contributed by atoms with Gasteiger partial charge in [0.25, 0.3) is 6.71 Å². The molecule has 0 amide bonds. The molecule has 3 heteroatoms. The second kappa shape index (κ2) is 13.8. The Balaban J connectivity index is 1.36. The van der Waals surface area contributed by atoms with E-state index in [0.717, 1.165) is 6.42 Å². The van der Waals surface area contributed by atoms with Crippen molar-refractivity contribution >= 4 is 57.2 Å². The molecule has 0 bridgehead atoms. The summed E-state index contributed by atoms with van der Waals surface area (Å²) in [5.41, 5.74) is 26.1. The molecule has 10 rings (SSSR count). The molecule has 0 N–H and O–H groups in total. The number of anilines is 6. The van der Waals surface area contributed by atoms with Gasteiger partial charge in [-0.15, -0.1) is 0 Å². The third-order valence-electron chi connectivity index (χ3n) is 16.2. The van der Waals surface area contributed by atoms with Gasteiger partial charge in [0.05, 0.1) is 0 Å². The summed E-state index contributed by atoms with van der Waals surface area (Å²) in [5, 5.41) is 0. The van der Waals surface area contributed by atoms with Gasteiger partial charge in [-0.25, -0.2) is 0 Å². The lowest BCUT2D eigenvalue weighted by atomic mass is 9.33. The van der Waals surface area contributed by atoms with Crippen molar-refractivity contribution in [2.24, 2.45) is 0 Å². The van der Waals surface area contributed by atoms with E-state index >= 15 is 0 Å². The number of benzene rings is 6. The van der Waals surface area contributed by atoms with E-state index in [1.807, 2.05) is 0 Å². The third kappa shape index (κ3) is 6.48. The molecule has 0 saturated heterocycles. The molecule has 0 saturated carbocycles. The summed E-state index contributed by atoms with van der Waals surface area (Å²) < 4.78 is 0. The van der Waals surface area contributed by atoms with Crippen LogP contribution in [0.15, 0.2) is 103 Å². The fourth-order valence-electron chi connectivity index (χ4n) is 12.5. The van der Waals surface area contributed by atoms with E-state index < -0.39 is 0 Å². The molecule has 0 unspecified atom stereocenters. The topological polar surface area (TPSA) is 6.48 Å². The van der Waals surface area contributed by atoms with Gasteiger partial charge in [-0.1, -0.05) is 164 Å². The first-order chi connectivity index (χ1) is 29.8. The highest BCUT2D eigenvalue weighted by molar-refractivity contribution is 7.00. The van der Waals surface area contributed by atoms with Crippen LogP contribution in [0.1, 0.15) is 161 Å². The van der Waals surface area contributed by atoms with E-state index in [0.29, 0.717) is 0 Å². The molecule has 0 aromatic heterocycles. The first kappa shape index (κ1) is 42.9. The lowest BCUT2D eigenvalue weighted by Crippen LogP contribution is -2.62. The van der Waals surface area contributed by atoms with Gasteiger partial charge in [-0.2, -0.15) is 0 Å². The smallest absolute Gasteiger partial charge is 0.252 e. The average Bonchev–Trinajstić information content (AvgIpc) is 3.39. The minimum absolute atomic E-state index is 0.0448. The summed E-state index contributed by atoms with van der Waals surface area (Å²) >= 11 is 0. The molecule has 2 aliphatic carbocycles. The normalized spacial score (nSPS) is 18.5. The highest BCUT2D eigenvalue weighted by Crippen LogP contribution is 2.55.